The second kappa shape index (κ2) is 8.25. The van der Waals surface area contributed by atoms with Gasteiger partial charge in [0, 0.05) is 18.3 Å². The van der Waals surface area contributed by atoms with E-state index in [1.807, 2.05) is 68.4 Å². The lowest BCUT2D eigenvalue weighted by atomic mass is 10.2. The van der Waals surface area contributed by atoms with E-state index in [0.29, 0.717) is 24.7 Å². The molecule has 5 heteroatoms. The number of carbonyl (C=O) groups is 1. The number of rotatable bonds is 6. The fourth-order valence-electron chi connectivity index (χ4n) is 2.64. The van der Waals surface area contributed by atoms with E-state index < -0.39 is 0 Å². The van der Waals surface area contributed by atoms with Gasteiger partial charge in [-0.2, -0.15) is 0 Å². The molecule has 0 bridgehead atoms. The Morgan fingerprint density at radius 3 is 2.58 bits per heavy atom. The van der Waals surface area contributed by atoms with Crippen LogP contribution in [0.3, 0.4) is 0 Å². The molecule has 0 unspecified atom stereocenters. The number of benzene rings is 2. The first kappa shape index (κ1) is 17.6. The van der Waals surface area contributed by atoms with Crippen LogP contribution in [-0.2, 0) is 6.61 Å². The molecule has 0 fully saturated rings. The lowest BCUT2D eigenvalue weighted by molar-refractivity contribution is 0.0982. The van der Waals surface area contributed by atoms with Crippen molar-refractivity contribution in [2.75, 3.05) is 11.4 Å². The maximum absolute atomic E-state index is 12.9. The van der Waals surface area contributed by atoms with Crippen molar-refractivity contribution >= 4 is 11.6 Å². The molecule has 0 aliphatic heterocycles. The summed E-state index contributed by atoms with van der Waals surface area (Å²) in [4.78, 5) is 22.8. The summed E-state index contributed by atoms with van der Waals surface area (Å²) in [7, 11) is 0. The van der Waals surface area contributed by atoms with Crippen LogP contribution in [0.15, 0.2) is 67.0 Å². The SMILES string of the molecule is CCN(C(=O)c1cc(OCc2ccccc2)ncn1)c1cccc(C)c1. The molecule has 0 N–H and O–H groups in total. The Kier molecular flexibility index (Phi) is 5.59. The van der Waals surface area contributed by atoms with Crippen LogP contribution in [0.4, 0.5) is 5.69 Å². The predicted octanol–water partition coefficient (Wildman–Crippen LogP) is 4.03. The molecular weight excluding hydrogens is 326 g/mol. The highest BCUT2D eigenvalue weighted by Crippen LogP contribution is 2.19. The molecule has 1 heterocycles. The standard InChI is InChI=1S/C21H21N3O2/c1-3-24(18-11-7-8-16(2)12-18)21(25)19-13-20(23-15-22-19)26-14-17-9-5-4-6-10-17/h4-13,15H,3,14H2,1-2H3. The highest BCUT2D eigenvalue weighted by molar-refractivity contribution is 6.04. The zero-order chi connectivity index (χ0) is 18.4. The van der Waals surface area contributed by atoms with Crippen molar-refractivity contribution in [1.29, 1.82) is 0 Å². The van der Waals surface area contributed by atoms with E-state index in [0.717, 1.165) is 16.8 Å². The summed E-state index contributed by atoms with van der Waals surface area (Å²) in [5, 5.41) is 0. The van der Waals surface area contributed by atoms with Crippen LogP contribution in [0.1, 0.15) is 28.5 Å². The molecule has 0 saturated carbocycles. The van der Waals surface area contributed by atoms with Gasteiger partial charge in [0.05, 0.1) is 0 Å². The first-order valence-electron chi connectivity index (χ1n) is 8.54. The molecule has 132 valence electrons. The Hall–Kier alpha value is -3.21. The lowest BCUT2D eigenvalue weighted by Crippen LogP contribution is -2.31. The van der Waals surface area contributed by atoms with Crippen molar-refractivity contribution in [1.82, 2.24) is 9.97 Å². The third kappa shape index (κ3) is 4.25. The van der Waals surface area contributed by atoms with Gasteiger partial charge in [0.15, 0.2) is 0 Å². The monoisotopic (exact) mass is 347 g/mol. The van der Waals surface area contributed by atoms with Gasteiger partial charge in [0.25, 0.3) is 5.91 Å². The van der Waals surface area contributed by atoms with Crippen molar-refractivity contribution < 1.29 is 9.53 Å². The second-order valence-electron chi connectivity index (χ2n) is 5.90. The molecule has 0 atom stereocenters. The van der Waals surface area contributed by atoms with Crippen molar-refractivity contribution in [3.05, 3.63) is 83.8 Å². The highest BCUT2D eigenvalue weighted by atomic mass is 16.5. The molecule has 3 rings (SSSR count). The summed E-state index contributed by atoms with van der Waals surface area (Å²) in [6.07, 6.45) is 1.36. The average Bonchev–Trinajstić information content (AvgIpc) is 2.68. The number of hydrogen-bond donors (Lipinski definition) is 0. The topological polar surface area (TPSA) is 55.3 Å². The number of ether oxygens (including phenoxy) is 1. The van der Waals surface area contributed by atoms with Crippen LogP contribution < -0.4 is 9.64 Å². The molecule has 26 heavy (non-hydrogen) atoms. The third-order valence-electron chi connectivity index (χ3n) is 3.97. The Morgan fingerprint density at radius 2 is 1.85 bits per heavy atom. The van der Waals surface area contributed by atoms with Crippen LogP contribution >= 0.6 is 0 Å². The summed E-state index contributed by atoms with van der Waals surface area (Å²) < 4.78 is 5.70. The van der Waals surface area contributed by atoms with E-state index in [-0.39, 0.29) is 5.91 Å². The summed E-state index contributed by atoms with van der Waals surface area (Å²) >= 11 is 0. The van der Waals surface area contributed by atoms with Crippen LogP contribution in [0.25, 0.3) is 0 Å². The van der Waals surface area contributed by atoms with Crippen LogP contribution in [-0.4, -0.2) is 22.4 Å². The summed E-state index contributed by atoms with van der Waals surface area (Å²) in [6.45, 7) is 4.88. The average molecular weight is 347 g/mol. The molecule has 0 aliphatic rings. The normalized spacial score (nSPS) is 10.4. The highest BCUT2D eigenvalue weighted by Gasteiger charge is 2.18. The van der Waals surface area contributed by atoms with Gasteiger partial charge in [0.2, 0.25) is 5.88 Å². The minimum absolute atomic E-state index is 0.176. The van der Waals surface area contributed by atoms with Crippen molar-refractivity contribution in [3.63, 3.8) is 0 Å². The zero-order valence-electron chi connectivity index (χ0n) is 14.9. The molecule has 3 aromatic rings. The third-order valence-corrected chi connectivity index (χ3v) is 3.97. The molecule has 0 radical (unpaired) electrons. The number of nitrogens with zero attached hydrogens (tertiary/aromatic N) is 3. The Morgan fingerprint density at radius 1 is 1.04 bits per heavy atom. The van der Waals surface area contributed by atoms with Gasteiger partial charge >= 0.3 is 0 Å². The molecule has 1 aromatic heterocycles. The van der Waals surface area contributed by atoms with E-state index in [1.165, 1.54) is 6.33 Å². The summed E-state index contributed by atoms with van der Waals surface area (Å²) in [5.74, 6) is 0.206. The molecule has 0 saturated heterocycles. The van der Waals surface area contributed by atoms with Gasteiger partial charge in [-0.15, -0.1) is 0 Å². The van der Waals surface area contributed by atoms with Gasteiger partial charge in [-0.3, -0.25) is 4.79 Å². The molecule has 0 aliphatic carbocycles. The molecular formula is C21H21N3O2. The summed E-state index contributed by atoms with van der Waals surface area (Å²) in [5.41, 5.74) is 3.30. The number of hydrogen-bond acceptors (Lipinski definition) is 4. The number of aromatic nitrogens is 2. The van der Waals surface area contributed by atoms with Crippen molar-refractivity contribution in [2.24, 2.45) is 0 Å². The van der Waals surface area contributed by atoms with Crippen molar-refractivity contribution in [3.8, 4) is 5.88 Å². The molecule has 1 amide bonds. The Labute approximate surface area is 153 Å². The molecule has 5 nitrogen and oxygen atoms in total. The first-order chi connectivity index (χ1) is 12.7. The largest absolute Gasteiger partial charge is 0.473 e. The maximum Gasteiger partial charge on any atom is 0.277 e. The lowest BCUT2D eigenvalue weighted by Gasteiger charge is -2.21. The Bertz CT molecular complexity index is 881. The zero-order valence-corrected chi connectivity index (χ0v) is 14.9. The number of anilines is 1. The van der Waals surface area contributed by atoms with E-state index >= 15 is 0 Å². The van der Waals surface area contributed by atoms with E-state index in [2.05, 4.69) is 9.97 Å². The maximum atomic E-state index is 12.9. The first-order valence-corrected chi connectivity index (χ1v) is 8.54. The Balaban J connectivity index is 1.76. The van der Waals surface area contributed by atoms with E-state index in [1.54, 1.807) is 11.0 Å². The smallest absolute Gasteiger partial charge is 0.277 e. The summed E-state index contributed by atoms with van der Waals surface area (Å²) in [6, 6.07) is 19.2. The fourth-order valence-corrected chi connectivity index (χ4v) is 2.64. The molecule has 2 aromatic carbocycles. The van der Waals surface area contributed by atoms with Crippen LogP contribution in [0, 0.1) is 6.92 Å². The number of amides is 1. The minimum Gasteiger partial charge on any atom is -0.473 e. The fraction of sp³-hybridized carbons (Fsp3) is 0.190. The predicted molar refractivity (Wildman–Crippen MR) is 101 cm³/mol. The van der Waals surface area contributed by atoms with Gasteiger partial charge in [0.1, 0.15) is 18.6 Å². The second-order valence-corrected chi connectivity index (χ2v) is 5.90. The quantitative estimate of drug-likeness (QED) is 0.675. The number of carbonyl (C=O) groups excluding carboxylic acids is 1. The van der Waals surface area contributed by atoms with Gasteiger partial charge in [-0.05, 0) is 37.1 Å². The van der Waals surface area contributed by atoms with Gasteiger partial charge in [-0.1, -0.05) is 42.5 Å². The van der Waals surface area contributed by atoms with Crippen LogP contribution in [0.2, 0.25) is 0 Å². The van der Waals surface area contributed by atoms with Gasteiger partial charge < -0.3 is 9.64 Å². The van der Waals surface area contributed by atoms with E-state index in [4.69, 9.17) is 4.74 Å². The van der Waals surface area contributed by atoms with Gasteiger partial charge in [-0.25, -0.2) is 9.97 Å². The van der Waals surface area contributed by atoms with E-state index in [9.17, 15) is 4.79 Å². The minimum atomic E-state index is -0.176. The van der Waals surface area contributed by atoms with Crippen LogP contribution in [0.5, 0.6) is 5.88 Å². The molecule has 0 spiro atoms. The number of aryl methyl sites for hydroxylation is 1. The van der Waals surface area contributed by atoms with Crippen molar-refractivity contribution in [2.45, 2.75) is 20.5 Å².